The zero-order chi connectivity index (χ0) is 20.1. The third kappa shape index (κ3) is 4.50. The number of nitrogens with zero attached hydrogens (tertiary/aromatic N) is 1. The normalized spacial score (nSPS) is 15.0. The van der Waals surface area contributed by atoms with Gasteiger partial charge in [-0.3, -0.25) is 14.4 Å². The fourth-order valence-corrected chi connectivity index (χ4v) is 3.89. The van der Waals surface area contributed by atoms with Gasteiger partial charge in [0.15, 0.2) is 17.3 Å². The number of piperidine rings is 1. The first-order valence-electron chi connectivity index (χ1n) is 9.98. The maximum atomic E-state index is 12.8. The number of ketones is 1. The highest BCUT2D eigenvalue weighted by Gasteiger charge is 2.17. The van der Waals surface area contributed by atoms with E-state index in [2.05, 4.69) is 4.90 Å². The molecule has 3 rings (SSSR count). The molecule has 0 spiro atoms. The number of phenolic OH excluding ortho intramolecular Hbond substituents is 1. The number of likely N-dealkylation sites (tertiary alicyclic amines) is 1. The second kappa shape index (κ2) is 9.15. The zero-order valence-electron chi connectivity index (χ0n) is 16.3. The first-order valence-corrected chi connectivity index (χ1v) is 9.98. The van der Waals surface area contributed by atoms with E-state index in [-0.39, 0.29) is 33.5 Å². The lowest BCUT2D eigenvalue weighted by Gasteiger charge is -2.26. The minimum absolute atomic E-state index is 0.0296. The highest BCUT2D eigenvalue weighted by atomic mass is 16.3. The summed E-state index contributed by atoms with van der Waals surface area (Å²) in [4.78, 5) is 38.7. The minimum atomic E-state index is -0.247. The summed E-state index contributed by atoms with van der Waals surface area (Å²) in [7, 11) is 0. The summed E-state index contributed by atoms with van der Waals surface area (Å²) in [5.41, 5.74) is 0.273. The fraction of sp³-hybridized carbons (Fsp3) is 0.500. The molecule has 0 unspecified atom stereocenters. The monoisotopic (exact) mass is 385 g/mol. The lowest BCUT2D eigenvalue weighted by atomic mass is 10.0. The molecule has 150 valence electrons. The Hall–Kier alpha value is -2.47. The van der Waals surface area contributed by atoms with Crippen molar-refractivity contribution in [1.82, 2.24) is 4.90 Å². The highest BCUT2D eigenvalue weighted by molar-refractivity contribution is 5.97. The summed E-state index contributed by atoms with van der Waals surface area (Å²) >= 11 is 0. The van der Waals surface area contributed by atoms with E-state index in [1.165, 1.54) is 31.4 Å². The Morgan fingerprint density at radius 3 is 2.68 bits per heavy atom. The van der Waals surface area contributed by atoms with Gasteiger partial charge < -0.3 is 14.4 Å². The molecule has 1 N–H and O–H groups in total. The van der Waals surface area contributed by atoms with E-state index in [1.807, 2.05) is 0 Å². The first kappa shape index (κ1) is 20.3. The second-order valence-electron chi connectivity index (χ2n) is 7.50. The van der Waals surface area contributed by atoms with Crippen molar-refractivity contribution in [3.05, 3.63) is 39.2 Å². The molecule has 1 saturated heterocycles. The molecule has 2 aromatic rings. The Labute approximate surface area is 164 Å². The number of benzene rings is 1. The van der Waals surface area contributed by atoms with Crippen LogP contribution in [-0.2, 0) is 11.2 Å². The molecule has 0 bridgehead atoms. The standard InChI is InChI=1S/C22H27NO5/c1-15-17(8-7-16(25)6-5-13-23-11-3-2-4-12-23)21(27)18-9-10-20(26)19(14-24)22(18)28-15/h9-10,14,26H,2-8,11-13H2,1H3. The Balaban J connectivity index is 1.64. The Kier molecular flexibility index (Phi) is 6.62. The average Bonchev–Trinajstić information content (AvgIpc) is 2.68. The molecule has 6 nitrogen and oxygen atoms in total. The van der Waals surface area contributed by atoms with E-state index in [0.717, 1.165) is 26.1 Å². The van der Waals surface area contributed by atoms with E-state index < -0.39 is 0 Å². The molecular weight excluding hydrogens is 358 g/mol. The van der Waals surface area contributed by atoms with Gasteiger partial charge in [-0.2, -0.15) is 0 Å². The van der Waals surface area contributed by atoms with Gasteiger partial charge in [-0.25, -0.2) is 0 Å². The SMILES string of the molecule is Cc1oc2c(C=O)c(O)ccc2c(=O)c1CCC(=O)CCCN1CCCCC1. The van der Waals surface area contributed by atoms with Crippen LogP contribution in [0.3, 0.4) is 0 Å². The molecule has 1 fully saturated rings. The van der Waals surface area contributed by atoms with Crippen molar-refractivity contribution in [1.29, 1.82) is 0 Å². The predicted octanol–water partition coefficient (Wildman–Crippen LogP) is 3.39. The van der Waals surface area contributed by atoms with Gasteiger partial charge in [-0.05, 0) is 64.4 Å². The predicted molar refractivity (Wildman–Crippen MR) is 107 cm³/mol. The molecule has 1 aliphatic rings. The van der Waals surface area contributed by atoms with Gasteiger partial charge in [0.05, 0.1) is 10.9 Å². The fourth-order valence-electron chi connectivity index (χ4n) is 3.89. The van der Waals surface area contributed by atoms with Crippen molar-refractivity contribution in [3.63, 3.8) is 0 Å². The number of hydrogen-bond acceptors (Lipinski definition) is 6. The second-order valence-corrected chi connectivity index (χ2v) is 7.50. The third-order valence-corrected chi connectivity index (χ3v) is 5.52. The summed E-state index contributed by atoms with van der Waals surface area (Å²) in [5.74, 6) is 0.309. The molecule has 0 amide bonds. The van der Waals surface area contributed by atoms with E-state index in [4.69, 9.17) is 4.42 Å². The number of aryl methyl sites for hydroxylation is 1. The van der Waals surface area contributed by atoms with Gasteiger partial charge >= 0.3 is 0 Å². The lowest BCUT2D eigenvalue weighted by Crippen LogP contribution is -2.30. The zero-order valence-corrected chi connectivity index (χ0v) is 16.3. The lowest BCUT2D eigenvalue weighted by molar-refractivity contribution is -0.119. The van der Waals surface area contributed by atoms with Crippen molar-refractivity contribution in [2.24, 2.45) is 0 Å². The van der Waals surface area contributed by atoms with Gasteiger partial charge in [0, 0.05) is 18.4 Å². The van der Waals surface area contributed by atoms with Gasteiger partial charge in [0.25, 0.3) is 0 Å². The van der Waals surface area contributed by atoms with Crippen molar-refractivity contribution in [2.45, 2.75) is 51.9 Å². The van der Waals surface area contributed by atoms with Gasteiger partial charge in [0.1, 0.15) is 17.3 Å². The highest BCUT2D eigenvalue weighted by Crippen LogP contribution is 2.26. The first-order chi connectivity index (χ1) is 13.5. The number of carbonyl (C=O) groups is 2. The van der Waals surface area contributed by atoms with Crippen molar-refractivity contribution in [2.75, 3.05) is 19.6 Å². The third-order valence-electron chi connectivity index (χ3n) is 5.52. The van der Waals surface area contributed by atoms with Crippen LogP contribution in [0.1, 0.15) is 60.2 Å². The van der Waals surface area contributed by atoms with Crippen LogP contribution in [0.2, 0.25) is 0 Å². The van der Waals surface area contributed by atoms with E-state index in [1.54, 1.807) is 6.92 Å². The minimum Gasteiger partial charge on any atom is -0.507 e. The van der Waals surface area contributed by atoms with Crippen LogP contribution >= 0.6 is 0 Å². The van der Waals surface area contributed by atoms with Gasteiger partial charge in [-0.1, -0.05) is 6.42 Å². The number of aromatic hydroxyl groups is 1. The van der Waals surface area contributed by atoms with Crippen LogP contribution in [-0.4, -0.2) is 41.7 Å². The number of hydrogen-bond donors (Lipinski definition) is 1. The summed E-state index contributed by atoms with van der Waals surface area (Å²) in [5, 5.41) is 10.0. The molecule has 28 heavy (non-hydrogen) atoms. The number of rotatable bonds is 8. The molecule has 1 aliphatic heterocycles. The van der Waals surface area contributed by atoms with Crippen LogP contribution in [0.15, 0.2) is 21.3 Å². The van der Waals surface area contributed by atoms with Crippen molar-refractivity contribution >= 4 is 23.0 Å². The molecule has 1 aromatic carbocycles. The van der Waals surface area contributed by atoms with E-state index in [0.29, 0.717) is 36.9 Å². The van der Waals surface area contributed by atoms with Gasteiger partial charge in [0.2, 0.25) is 0 Å². The van der Waals surface area contributed by atoms with Crippen LogP contribution in [0.5, 0.6) is 5.75 Å². The topological polar surface area (TPSA) is 87.8 Å². The number of carbonyl (C=O) groups excluding carboxylic acids is 2. The Morgan fingerprint density at radius 2 is 1.96 bits per heavy atom. The summed E-state index contributed by atoms with van der Waals surface area (Å²) in [6, 6.07) is 2.76. The summed E-state index contributed by atoms with van der Waals surface area (Å²) in [6.07, 6.45) is 6.27. The molecule has 0 radical (unpaired) electrons. The maximum Gasteiger partial charge on any atom is 0.196 e. The smallest absolute Gasteiger partial charge is 0.196 e. The number of phenols is 1. The van der Waals surface area contributed by atoms with Crippen molar-refractivity contribution in [3.8, 4) is 5.75 Å². The maximum absolute atomic E-state index is 12.8. The average molecular weight is 385 g/mol. The quantitative estimate of drug-likeness (QED) is 0.701. The van der Waals surface area contributed by atoms with Crippen LogP contribution < -0.4 is 5.43 Å². The van der Waals surface area contributed by atoms with Crippen LogP contribution in [0.4, 0.5) is 0 Å². The molecule has 0 saturated carbocycles. The summed E-state index contributed by atoms with van der Waals surface area (Å²) in [6.45, 7) is 4.87. The van der Waals surface area contributed by atoms with Gasteiger partial charge in [-0.15, -0.1) is 0 Å². The van der Waals surface area contributed by atoms with Crippen molar-refractivity contribution < 1.29 is 19.1 Å². The molecule has 1 aromatic heterocycles. The Bertz CT molecular complexity index is 925. The number of fused-ring (bicyclic) bond motifs is 1. The molecule has 0 atom stereocenters. The largest absolute Gasteiger partial charge is 0.507 e. The van der Waals surface area contributed by atoms with Crippen LogP contribution in [0, 0.1) is 6.92 Å². The number of Topliss-reactive ketones (excluding diaryl/α,β-unsaturated/α-hetero) is 1. The molecule has 2 heterocycles. The molecular formula is C22H27NO5. The molecule has 0 aliphatic carbocycles. The van der Waals surface area contributed by atoms with E-state index >= 15 is 0 Å². The van der Waals surface area contributed by atoms with Crippen LogP contribution in [0.25, 0.3) is 11.0 Å². The summed E-state index contributed by atoms with van der Waals surface area (Å²) < 4.78 is 5.66. The number of aldehydes is 1. The Morgan fingerprint density at radius 1 is 1.21 bits per heavy atom. The molecule has 6 heteroatoms. The van der Waals surface area contributed by atoms with E-state index in [9.17, 15) is 19.5 Å².